The molecule has 1 aliphatic rings. The Hall–Kier alpha value is -0.380. The Morgan fingerprint density at radius 2 is 1.92 bits per heavy atom. The Morgan fingerprint density at radius 1 is 1.17 bits per heavy atom. The fraction of sp³-hybridized carbons (Fsp3) is 0.333. The van der Waals surface area contributed by atoms with Gasteiger partial charge in [0.15, 0.2) is 0 Å². The molecular formula is C9H9BrO2. The summed E-state index contributed by atoms with van der Waals surface area (Å²) in [6, 6.07) is 10.1. The molecule has 2 nitrogen and oxygen atoms in total. The van der Waals surface area contributed by atoms with E-state index < -0.39 is 0 Å². The van der Waals surface area contributed by atoms with Gasteiger partial charge in [-0.05, 0) is 5.56 Å². The van der Waals surface area contributed by atoms with Gasteiger partial charge in [-0.2, -0.15) is 0 Å². The van der Waals surface area contributed by atoms with Crippen molar-refractivity contribution in [1.82, 2.24) is 0 Å². The van der Waals surface area contributed by atoms with E-state index in [1.807, 2.05) is 30.3 Å². The predicted molar refractivity (Wildman–Crippen MR) is 48.9 cm³/mol. The van der Waals surface area contributed by atoms with Crippen LogP contribution >= 0.6 is 15.9 Å². The zero-order chi connectivity index (χ0) is 8.39. The molecule has 0 radical (unpaired) electrons. The molecule has 0 spiro atoms. The van der Waals surface area contributed by atoms with Gasteiger partial charge in [-0.25, -0.2) is 0 Å². The van der Waals surface area contributed by atoms with Gasteiger partial charge in [0, 0.05) is 0 Å². The van der Waals surface area contributed by atoms with Gasteiger partial charge in [0.05, 0.1) is 0 Å². The predicted octanol–water partition coefficient (Wildman–Crippen LogP) is 2.45. The second-order valence-corrected chi connectivity index (χ2v) is 3.54. The third-order valence-corrected chi connectivity index (χ3v) is 2.59. The van der Waals surface area contributed by atoms with Crippen molar-refractivity contribution in [2.45, 2.75) is 11.1 Å². The van der Waals surface area contributed by atoms with E-state index in [-0.39, 0.29) is 11.1 Å². The van der Waals surface area contributed by atoms with Gasteiger partial charge in [0.2, 0.25) is 0 Å². The third-order valence-electron chi connectivity index (χ3n) is 1.84. The summed E-state index contributed by atoms with van der Waals surface area (Å²) in [5.41, 5.74) is 1.15. The van der Waals surface area contributed by atoms with Gasteiger partial charge in [0.1, 0.15) is 17.9 Å². The molecule has 1 aliphatic heterocycles. The number of halogens is 1. The summed E-state index contributed by atoms with van der Waals surface area (Å²) in [5, 5.41) is -0.0140. The molecule has 3 heteroatoms. The molecule has 0 aliphatic carbocycles. The maximum Gasteiger partial charge on any atom is 0.149 e. The molecular weight excluding hydrogens is 220 g/mol. The SMILES string of the molecule is BrC1OCOC1c1ccccc1. The van der Waals surface area contributed by atoms with Crippen molar-refractivity contribution in [3.63, 3.8) is 0 Å². The second-order valence-electron chi connectivity index (χ2n) is 2.63. The Kier molecular flexibility index (Phi) is 2.44. The minimum Gasteiger partial charge on any atom is -0.344 e. The summed E-state index contributed by atoms with van der Waals surface area (Å²) in [6.07, 6.45) is 0.0335. The van der Waals surface area contributed by atoms with Crippen LogP contribution in [0.25, 0.3) is 0 Å². The normalized spacial score (nSPS) is 29.1. The lowest BCUT2D eigenvalue weighted by atomic mass is 10.1. The minimum atomic E-state index is -0.0140. The molecule has 0 bridgehead atoms. The van der Waals surface area contributed by atoms with Crippen LogP contribution in [-0.4, -0.2) is 11.8 Å². The highest BCUT2D eigenvalue weighted by atomic mass is 79.9. The topological polar surface area (TPSA) is 18.5 Å². The first-order chi connectivity index (χ1) is 5.88. The van der Waals surface area contributed by atoms with Crippen molar-refractivity contribution in [1.29, 1.82) is 0 Å². The lowest BCUT2D eigenvalue weighted by Gasteiger charge is -2.10. The molecule has 2 atom stereocenters. The van der Waals surface area contributed by atoms with Crippen molar-refractivity contribution < 1.29 is 9.47 Å². The van der Waals surface area contributed by atoms with E-state index in [4.69, 9.17) is 9.47 Å². The summed E-state index contributed by atoms with van der Waals surface area (Å²) in [6.45, 7) is 0.371. The van der Waals surface area contributed by atoms with Crippen LogP contribution in [0.15, 0.2) is 30.3 Å². The number of alkyl halides is 1. The fourth-order valence-electron chi connectivity index (χ4n) is 1.23. The van der Waals surface area contributed by atoms with Crippen molar-refractivity contribution in [2.24, 2.45) is 0 Å². The standard InChI is InChI=1S/C9H9BrO2/c10-9-8(11-6-12-9)7-4-2-1-3-5-7/h1-5,8-9H,6H2. The van der Waals surface area contributed by atoms with Crippen LogP contribution in [0.2, 0.25) is 0 Å². The molecule has 1 heterocycles. The zero-order valence-electron chi connectivity index (χ0n) is 6.44. The molecule has 0 N–H and O–H groups in total. The molecule has 0 amide bonds. The van der Waals surface area contributed by atoms with E-state index in [0.717, 1.165) is 5.56 Å². The maximum atomic E-state index is 5.38. The van der Waals surface area contributed by atoms with Crippen LogP contribution in [0.1, 0.15) is 11.7 Å². The van der Waals surface area contributed by atoms with E-state index >= 15 is 0 Å². The Morgan fingerprint density at radius 3 is 2.50 bits per heavy atom. The van der Waals surface area contributed by atoms with E-state index in [0.29, 0.717) is 6.79 Å². The van der Waals surface area contributed by atoms with Crippen molar-refractivity contribution >= 4 is 15.9 Å². The molecule has 12 heavy (non-hydrogen) atoms. The molecule has 0 saturated carbocycles. The van der Waals surface area contributed by atoms with E-state index in [1.54, 1.807) is 0 Å². The lowest BCUT2D eigenvalue weighted by molar-refractivity contribution is 0.0454. The maximum absolute atomic E-state index is 5.38. The monoisotopic (exact) mass is 228 g/mol. The molecule has 1 aromatic carbocycles. The van der Waals surface area contributed by atoms with Crippen molar-refractivity contribution in [3.8, 4) is 0 Å². The van der Waals surface area contributed by atoms with Gasteiger partial charge in [-0.15, -0.1) is 0 Å². The molecule has 64 valence electrons. The lowest BCUT2D eigenvalue weighted by Crippen LogP contribution is -2.06. The molecule has 0 aromatic heterocycles. The average Bonchev–Trinajstić information content (AvgIpc) is 2.53. The molecule has 2 unspecified atom stereocenters. The molecule has 1 saturated heterocycles. The van der Waals surface area contributed by atoms with Gasteiger partial charge in [-0.3, -0.25) is 0 Å². The van der Waals surface area contributed by atoms with E-state index in [2.05, 4.69) is 15.9 Å². The number of benzene rings is 1. The third kappa shape index (κ3) is 1.53. The first-order valence-corrected chi connectivity index (χ1v) is 4.72. The van der Waals surface area contributed by atoms with Crippen LogP contribution in [0.4, 0.5) is 0 Å². The van der Waals surface area contributed by atoms with Crippen LogP contribution in [0.5, 0.6) is 0 Å². The number of hydrogen-bond acceptors (Lipinski definition) is 2. The van der Waals surface area contributed by atoms with Crippen LogP contribution in [0.3, 0.4) is 0 Å². The highest BCUT2D eigenvalue weighted by Crippen LogP contribution is 2.31. The van der Waals surface area contributed by atoms with Crippen LogP contribution in [-0.2, 0) is 9.47 Å². The number of ether oxygens (including phenoxy) is 2. The van der Waals surface area contributed by atoms with Gasteiger partial charge in [0.25, 0.3) is 0 Å². The Bertz CT molecular complexity index is 250. The first-order valence-electron chi connectivity index (χ1n) is 3.80. The second kappa shape index (κ2) is 3.56. The number of rotatable bonds is 1. The molecule has 1 fully saturated rings. The van der Waals surface area contributed by atoms with E-state index in [9.17, 15) is 0 Å². The summed E-state index contributed by atoms with van der Waals surface area (Å²) in [4.78, 5) is 0. The summed E-state index contributed by atoms with van der Waals surface area (Å²) < 4.78 is 10.6. The zero-order valence-corrected chi connectivity index (χ0v) is 8.03. The number of hydrogen-bond donors (Lipinski definition) is 0. The largest absolute Gasteiger partial charge is 0.344 e. The van der Waals surface area contributed by atoms with E-state index in [1.165, 1.54) is 0 Å². The van der Waals surface area contributed by atoms with Crippen LogP contribution < -0.4 is 0 Å². The van der Waals surface area contributed by atoms with Gasteiger partial charge >= 0.3 is 0 Å². The van der Waals surface area contributed by atoms with Crippen molar-refractivity contribution in [3.05, 3.63) is 35.9 Å². The van der Waals surface area contributed by atoms with Gasteiger partial charge < -0.3 is 9.47 Å². The average molecular weight is 229 g/mol. The highest BCUT2D eigenvalue weighted by Gasteiger charge is 2.27. The molecule has 2 rings (SSSR count). The van der Waals surface area contributed by atoms with Crippen LogP contribution in [0, 0.1) is 0 Å². The fourth-order valence-corrected chi connectivity index (χ4v) is 1.80. The smallest absolute Gasteiger partial charge is 0.149 e. The molecule has 1 aromatic rings. The van der Waals surface area contributed by atoms with Gasteiger partial charge in [-0.1, -0.05) is 46.3 Å². The summed E-state index contributed by atoms with van der Waals surface area (Å²) in [7, 11) is 0. The van der Waals surface area contributed by atoms with Crippen molar-refractivity contribution in [2.75, 3.05) is 6.79 Å². The summed E-state index contributed by atoms with van der Waals surface area (Å²) in [5.74, 6) is 0. The summed E-state index contributed by atoms with van der Waals surface area (Å²) >= 11 is 3.39. The minimum absolute atomic E-state index is 0.0140. The Labute approximate surface area is 79.6 Å². The Balaban J connectivity index is 2.19. The quantitative estimate of drug-likeness (QED) is 0.688. The highest BCUT2D eigenvalue weighted by molar-refractivity contribution is 9.09. The first kappa shape index (κ1) is 8.23.